The molecule has 1 fully saturated rings. The molecule has 0 bridgehead atoms. The van der Waals surface area contributed by atoms with Crippen molar-refractivity contribution < 1.29 is 41.8 Å². The number of rotatable bonds is 11. The van der Waals surface area contributed by atoms with E-state index in [0.717, 1.165) is 25.2 Å². The minimum absolute atomic E-state index is 0.0592. The average molecular weight is 592 g/mol. The van der Waals surface area contributed by atoms with E-state index in [1.54, 1.807) is 19.1 Å². The average Bonchev–Trinajstić information content (AvgIpc) is 2.95. The van der Waals surface area contributed by atoms with Gasteiger partial charge in [0, 0.05) is 18.6 Å². The Bertz CT molecular complexity index is 1360. The highest BCUT2D eigenvalue weighted by atomic mass is 32.2. The number of aliphatic hydroxyl groups is 1. The number of hydrogen-bond acceptors (Lipinski definition) is 9. The Morgan fingerprint density at radius 2 is 1.59 bits per heavy atom. The number of carbonyl (C=O) groups is 2. The summed E-state index contributed by atoms with van der Waals surface area (Å²) in [6, 6.07) is 11.4. The first-order chi connectivity index (χ1) is 19.2. The quantitative estimate of drug-likeness (QED) is 0.0590. The van der Waals surface area contributed by atoms with Crippen LogP contribution >= 0.6 is 0 Å². The van der Waals surface area contributed by atoms with Crippen molar-refractivity contribution in [1.29, 1.82) is 0 Å². The van der Waals surface area contributed by atoms with E-state index in [-0.39, 0.29) is 47.1 Å². The molecule has 41 heavy (non-hydrogen) atoms. The maximum atomic E-state index is 12.9. The van der Waals surface area contributed by atoms with Crippen molar-refractivity contribution in [3.8, 4) is 0 Å². The fraction of sp³-hybridized carbons (Fsp3) is 0.429. The molecular weight excluding hydrogens is 554 g/mol. The van der Waals surface area contributed by atoms with Gasteiger partial charge >= 0.3 is 5.97 Å². The van der Waals surface area contributed by atoms with Crippen LogP contribution in [0.4, 0.5) is 5.69 Å². The fourth-order valence-corrected chi connectivity index (χ4v) is 5.04. The third kappa shape index (κ3) is 8.12. The Labute approximate surface area is 240 Å². The predicted molar refractivity (Wildman–Crippen MR) is 149 cm³/mol. The van der Waals surface area contributed by atoms with Crippen molar-refractivity contribution in [2.45, 2.75) is 65.1 Å². The number of quaternary nitrogens is 1. The zero-order chi connectivity index (χ0) is 31.0. The van der Waals surface area contributed by atoms with Gasteiger partial charge in [0.15, 0.2) is 11.9 Å². The molecule has 12 nitrogen and oxygen atoms in total. The number of nitro benzene ring substituents is 1. The third-order valence-corrected chi connectivity index (χ3v) is 8.16. The van der Waals surface area contributed by atoms with Crippen molar-refractivity contribution in [3.63, 3.8) is 0 Å². The standard InChI is InChI=1S/C21H29N3O6.C7H8O3S/c1-5-17(25)20(22-18(13-19(22)26)24(6-2,7-3)8-4)21(27)30-14-15-9-11-16(12-10-15)23(28)29;1-6-2-4-7(5-3-6)11(8,9)10/h9-12,18H,5-8,13-14H2,1-4H3;2-5H,1H3,(H,8,9,10). The number of aryl methyl sites for hydroxylation is 1. The molecule has 3 rings (SSSR count). The van der Waals surface area contributed by atoms with E-state index in [0.29, 0.717) is 16.5 Å². The van der Waals surface area contributed by atoms with Crippen molar-refractivity contribution in [2.75, 3.05) is 19.6 Å². The summed E-state index contributed by atoms with van der Waals surface area (Å²) in [4.78, 5) is 36.8. The molecule has 0 spiro atoms. The van der Waals surface area contributed by atoms with Crippen LogP contribution in [-0.4, -0.2) is 70.1 Å². The maximum Gasteiger partial charge on any atom is 0.359 e. The van der Waals surface area contributed by atoms with Gasteiger partial charge in [-0.15, -0.1) is 0 Å². The third-order valence-electron chi connectivity index (χ3n) is 7.31. The molecule has 1 atom stereocenters. The number of hydrogen-bond donors (Lipinski definition) is 1. The minimum Gasteiger partial charge on any atom is -0.744 e. The minimum atomic E-state index is -4.27. The second-order valence-electron chi connectivity index (χ2n) is 9.53. The Hall–Kier alpha value is -3.81. The van der Waals surface area contributed by atoms with Gasteiger partial charge in [-0.3, -0.25) is 19.8 Å². The van der Waals surface area contributed by atoms with Crippen LogP contribution in [0.1, 0.15) is 51.7 Å². The van der Waals surface area contributed by atoms with Crippen LogP contribution in [0.3, 0.4) is 0 Å². The molecule has 13 heteroatoms. The van der Waals surface area contributed by atoms with Gasteiger partial charge in [0.25, 0.3) is 5.69 Å². The van der Waals surface area contributed by atoms with Crippen molar-refractivity contribution >= 4 is 27.7 Å². The molecule has 1 amide bonds. The Morgan fingerprint density at radius 3 is 2.00 bits per heavy atom. The molecule has 1 unspecified atom stereocenters. The van der Waals surface area contributed by atoms with E-state index in [1.807, 2.05) is 27.7 Å². The number of likely N-dealkylation sites (tertiary alicyclic amines) is 1. The Morgan fingerprint density at radius 1 is 1.05 bits per heavy atom. The molecule has 2 aromatic carbocycles. The molecule has 0 aromatic heterocycles. The molecule has 1 saturated heterocycles. The number of benzene rings is 2. The number of ether oxygens (including phenoxy) is 1. The zero-order valence-electron chi connectivity index (χ0n) is 23.9. The number of carbonyl (C=O) groups excluding carboxylic acids is 2. The highest BCUT2D eigenvalue weighted by molar-refractivity contribution is 7.85. The smallest absolute Gasteiger partial charge is 0.359 e. The number of β-lactam (4-membered cyclic amide) rings is 1. The molecule has 1 N–H and O–H groups in total. The van der Waals surface area contributed by atoms with Crippen LogP contribution in [0.5, 0.6) is 0 Å². The molecular formula is C28H37N3O9S. The van der Waals surface area contributed by atoms with Gasteiger partial charge in [0.1, 0.15) is 28.9 Å². The summed E-state index contributed by atoms with van der Waals surface area (Å²) in [6.45, 7) is 11.9. The van der Waals surface area contributed by atoms with Crippen LogP contribution in [0.15, 0.2) is 64.9 Å². The van der Waals surface area contributed by atoms with Crippen molar-refractivity contribution in [2.24, 2.45) is 0 Å². The molecule has 1 aliphatic heterocycles. The van der Waals surface area contributed by atoms with Gasteiger partial charge in [0.2, 0.25) is 5.91 Å². The number of esters is 1. The number of non-ortho nitro benzene ring substituents is 1. The second-order valence-corrected chi connectivity index (χ2v) is 10.9. The monoisotopic (exact) mass is 591 g/mol. The Balaban J connectivity index is 0.000000446. The number of nitro groups is 1. The van der Waals surface area contributed by atoms with Gasteiger partial charge in [0.05, 0.1) is 29.5 Å². The highest BCUT2D eigenvalue weighted by Crippen LogP contribution is 2.34. The van der Waals surface area contributed by atoms with E-state index in [2.05, 4.69) is 0 Å². The largest absolute Gasteiger partial charge is 0.744 e. The normalized spacial score (nSPS) is 15.7. The predicted octanol–water partition coefficient (Wildman–Crippen LogP) is 4.15. The first-order valence-corrected chi connectivity index (χ1v) is 14.7. The summed E-state index contributed by atoms with van der Waals surface area (Å²) < 4.78 is 37.1. The van der Waals surface area contributed by atoms with Gasteiger partial charge in [-0.25, -0.2) is 13.2 Å². The van der Waals surface area contributed by atoms with E-state index in [1.165, 1.54) is 41.3 Å². The highest BCUT2D eigenvalue weighted by Gasteiger charge is 2.52. The summed E-state index contributed by atoms with van der Waals surface area (Å²) >= 11 is 0. The lowest BCUT2D eigenvalue weighted by Crippen LogP contribution is -2.70. The van der Waals surface area contributed by atoms with Crippen LogP contribution in [0, 0.1) is 17.0 Å². The van der Waals surface area contributed by atoms with Crippen LogP contribution in [0.2, 0.25) is 0 Å². The summed E-state index contributed by atoms with van der Waals surface area (Å²) in [5.74, 6) is -1.20. The van der Waals surface area contributed by atoms with Crippen LogP contribution in [-0.2, 0) is 31.1 Å². The van der Waals surface area contributed by atoms with Gasteiger partial charge in [-0.05, 0) is 57.5 Å². The lowest BCUT2D eigenvalue weighted by molar-refractivity contribution is -0.958. The summed E-state index contributed by atoms with van der Waals surface area (Å²) in [5.41, 5.74) is 1.32. The van der Waals surface area contributed by atoms with Crippen LogP contribution < -0.4 is 0 Å². The maximum absolute atomic E-state index is 12.9. The number of aliphatic hydroxyl groups excluding tert-OH is 1. The van der Waals surface area contributed by atoms with E-state index in [9.17, 15) is 37.8 Å². The van der Waals surface area contributed by atoms with E-state index in [4.69, 9.17) is 4.74 Å². The first-order valence-electron chi connectivity index (χ1n) is 13.3. The molecule has 0 saturated carbocycles. The SMILES string of the molecule is CC/C(O)=C(\C(=O)OCc1ccc([N+](=O)[O-])cc1)N1C(=O)CC1[N+](CC)(CC)CC.Cc1ccc(S(=O)(=O)[O-])cc1. The first kappa shape index (κ1) is 33.4. The number of allylic oxidation sites excluding steroid dienone is 1. The number of nitrogens with zero attached hydrogens (tertiary/aromatic N) is 3. The molecule has 1 heterocycles. The van der Waals surface area contributed by atoms with Crippen molar-refractivity contribution in [1.82, 2.24) is 4.90 Å². The summed E-state index contributed by atoms with van der Waals surface area (Å²) in [6.07, 6.45) is 0.266. The molecule has 1 aliphatic rings. The summed E-state index contributed by atoms with van der Waals surface area (Å²) in [7, 11) is -4.27. The van der Waals surface area contributed by atoms with E-state index >= 15 is 0 Å². The molecule has 224 valence electrons. The van der Waals surface area contributed by atoms with Crippen molar-refractivity contribution in [3.05, 3.63) is 81.2 Å². The number of amides is 1. The summed E-state index contributed by atoms with van der Waals surface area (Å²) in [5, 5.41) is 21.2. The van der Waals surface area contributed by atoms with Gasteiger partial charge in [-0.1, -0.05) is 24.6 Å². The molecule has 0 aliphatic carbocycles. The second kappa shape index (κ2) is 14.2. The zero-order valence-corrected chi connectivity index (χ0v) is 24.7. The lowest BCUT2D eigenvalue weighted by Gasteiger charge is -2.52. The lowest BCUT2D eigenvalue weighted by atomic mass is 10.0. The molecule has 0 radical (unpaired) electrons. The molecule has 2 aromatic rings. The topological polar surface area (TPSA) is 167 Å². The van der Waals surface area contributed by atoms with E-state index < -0.39 is 21.0 Å². The van der Waals surface area contributed by atoms with Gasteiger partial charge in [-0.2, -0.15) is 0 Å². The Kier molecular flexibility index (Phi) is 11.6. The fourth-order valence-electron chi connectivity index (χ4n) is 4.57. The van der Waals surface area contributed by atoms with Crippen LogP contribution in [0.25, 0.3) is 0 Å². The van der Waals surface area contributed by atoms with Gasteiger partial charge < -0.3 is 18.9 Å².